The molecule has 0 radical (unpaired) electrons. The van der Waals surface area contributed by atoms with Crippen LogP contribution in [-0.4, -0.2) is 11.1 Å². The van der Waals surface area contributed by atoms with Gasteiger partial charge in [-0.25, -0.2) is 4.79 Å². The summed E-state index contributed by atoms with van der Waals surface area (Å²) in [7, 11) is 0. The van der Waals surface area contributed by atoms with Gasteiger partial charge in [0.2, 0.25) is 0 Å². The second kappa shape index (κ2) is 3.91. The van der Waals surface area contributed by atoms with Crippen LogP contribution in [-0.2, 0) is 0 Å². The Morgan fingerprint density at radius 2 is 1.94 bits per heavy atom. The number of nitrogens with zero attached hydrogens (tertiary/aromatic N) is 1. The molecule has 0 aliphatic heterocycles. The predicted molar refractivity (Wildman–Crippen MR) is 57.1 cm³/mol. The summed E-state index contributed by atoms with van der Waals surface area (Å²) in [5, 5.41) is 18.8. The molecule has 4 nitrogen and oxygen atoms in total. The fourth-order valence-corrected chi connectivity index (χ4v) is 1.47. The van der Waals surface area contributed by atoms with E-state index in [0.717, 1.165) is 10.8 Å². The van der Waals surface area contributed by atoms with Crippen LogP contribution in [0.25, 0.3) is 10.8 Å². The van der Waals surface area contributed by atoms with E-state index in [1.165, 1.54) is 6.07 Å². The maximum atomic E-state index is 10.8. The van der Waals surface area contributed by atoms with Crippen molar-refractivity contribution in [3.05, 3.63) is 42.0 Å². The van der Waals surface area contributed by atoms with Gasteiger partial charge in [0.15, 0.2) is 0 Å². The summed E-state index contributed by atoms with van der Waals surface area (Å²) in [6, 6.07) is 9.86. The van der Waals surface area contributed by atoms with E-state index in [9.17, 15) is 4.79 Å². The van der Waals surface area contributed by atoms with Gasteiger partial charge in [-0.3, -0.25) is 0 Å². The Labute approximate surface area is 91.3 Å². The molecule has 4 heteroatoms. The van der Waals surface area contributed by atoms with Gasteiger partial charge >= 0.3 is 5.97 Å². The van der Waals surface area contributed by atoms with Gasteiger partial charge in [-0.2, -0.15) is 0 Å². The van der Waals surface area contributed by atoms with E-state index >= 15 is 0 Å². The van der Waals surface area contributed by atoms with Crippen molar-refractivity contribution in [3.8, 4) is 12.0 Å². The van der Waals surface area contributed by atoms with Gasteiger partial charge in [0.05, 0.1) is 5.56 Å². The minimum absolute atomic E-state index is 0.210. The highest BCUT2D eigenvalue weighted by atomic mass is 16.5. The average molecular weight is 213 g/mol. The zero-order valence-corrected chi connectivity index (χ0v) is 8.18. The number of carbonyl (C=O) groups is 1. The molecule has 0 fully saturated rings. The quantitative estimate of drug-likeness (QED) is 0.777. The number of rotatable bonds is 2. The molecule has 2 rings (SSSR count). The van der Waals surface area contributed by atoms with Crippen LogP contribution in [0.3, 0.4) is 0 Å². The largest absolute Gasteiger partial charge is 0.478 e. The number of carboxylic acid groups (broad SMARTS) is 1. The maximum Gasteiger partial charge on any atom is 0.335 e. The molecule has 0 aliphatic rings. The first-order valence-corrected chi connectivity index (χ1v) is 4.54. The fraction of sp³-hybridized carbons (Fsp3) is 0. The van der Waals surface area contributed by atoms with Gasteiger partial charge in [-0.1, -0.05) is 12.1 Å². The second-order valence-electron chi connectivity index (χ2n) is 3.22. The van der Waals surface area contributed by atoms with Crippen LogP contribution >= 0.6 is 0 Å². The first-order valence-electron chi connectivity index (χ1n) is 4.54. The van der Waals surface area contributed by atoms with E-state index in [2.05, 4.69) is 4.74 Å². The Morgan fingerprint density at radius 1 is 1.19 bits per heavy atom. The van der Waals surface area contributed by atoms with Gasteiger partial charge in [-0.05, 0) is 35.0 Å². The minimum atomic E-state index is -0.978. The normalized spacial score (nSPS) is 9.69. The Bertz CT molecular complexity index is 599. The van der Waals surface area contributed by atoms with Crippen LogP contribution in [0.15, 0.2) is 36.4 Å². The van der Waals surface area contributed by atoms with Crippen molar-refractivity contribution < 1.29 is 14.6 Å². The van der Waals surface area contributed by atoms with Gasteiger partial charge in [-0.15, -0.1) is 5.26 Å². The van der Waals surface area contributed by atoms with Crippen molar-refractivity contribution in [2.24, 2.45) is 0 Å². The van der Waals surface area contributed by atoms with Crippen LogP contribution in [0.1, 0.15) is 10.4 Å². The first-order chi connectivity index (χ1) is 7.70. The van der Waals surface area contributed by atoms with Crippen molar-refractivity contribution in [2.45, 2.75) is 0 Å². The fourth-order valence-electron chi connectivity index (χ4n) is 1.47. The molecule has 1 N–H and O–H groups in total. The molecule has 0 atom stereocenters. The summed E-state index contributed by atoms with van der Waals surface area (Å²) >= 11 is 0. The summed E-state index contributed by atoms with van der Waals surface area (Å²) in [6.07, 6.45) is 1.57. The van der Waals surface area contributed by atoms with Crippen molar-refractivity contribution >= 4 is 16.7 Å². The highest BCUT2D eigenvalue weighted by Crippen LogP contribution is 2.22. The highest BCUT2D eigenvalue weighted by Gasteiger charge is 2.04. The molecule has 78 valence electrons. The third-order valence-corrected chi connectivity index (χ3v) is 2.22. The lowest BCUT2D eigenvalue weighted by atomic mass is 10.1. The zero-order valence-electron chi connectivity index (χ0n) is 8.18. The number of aromatic carboxylic acids is 1. The van der Waals surface area contributed by atoms with Crippen molar-refractivity contribution in [1.29, 1.82) is 5.26 Å². The Kier molecular flexibility index (Phi) is 2.44. The first kappa shape index (κ1) is 9.99. The SMILES string of the molecule is N#COc1ccc2ccc(C(=O)O)cc2c1. The summed E-state index contributed by atoms with van der Waals surface area (Å²) in [4.78, 5) is 10.8. The Balaban J connectivity index is 2.57. The molecule has 0 saturated heterocycles. The number of hydrogen-bond donors (Lipinski definition) is 1. The number of fused-ring (bicyclic) bond motifs is 1. The molecular formula is C12H7NO3. The lowest BCUT2D eigenvalue weighted by Crippen LogP contribution is -1.95. The molecule has 0 amide bonds. The number of carboxylic acids is 1. The summed E-state index contributed by atoms with van der Waals surface area (Å²) in [6.45, 7) is 0. The van der Waals surface area contributed by atoms with Crippen molar-refractivity contribution in [2.75, 3.05) is 0 Å². The van der Waals surface area contributed by atoms with E-state index in [0.29, 0.717) is 5.75 Å². The zero-order chi connectivity index (χ0) is 11.5. The van der Waals surface area contributed by atoms with Crippen LogP contribution in [0.5, 0.6) is 5.75 Å². The van der Waals surface area contributed by atoms with Crippen molar-refractivity contribution in [1.82, 2.24) is 0 Å². The van der Waals surface area contributed by atoms with Gasteiger partial charge in [0.1, 0.15) is 5.75 Å². The Hall–Kier alpha value is -2.54. The van der Waals surface area contributed by atoms with E-state index in [4.69, 9.17) is 10.4 Å². The topological polar surface area (TPSA) is 70.3 Å². The smallest absolute Gasteiger partial charge is 0.335 e. The molecule has 16 heavy (non-hydrogen) atoms. The number of benzene rings is 2. The molecule has 0 bridgehead atoms. The number of hydrogen-bond acceptors (Lipinski definition) is 3. The molecule has 0 aromatic heterocycles. The van der Waals surface area contributed by atoms with Gasteiger partial charge in [0, 0.05) is 0 Å². The van der Waals surface area contributed by atoms with Crippen LogP contribution in [0, 0.1) is 11.5 Å². The number of ether oxygens (including phenoxy) is 1. The minimum Gasteiger partial charge on any atom is -0.478 e. The molecule has 0 spiro atoms. The third-order valence-electron chi connectivity index (χ3n) is 2.22. The molecule has 0 aliphatic carbocycles. The lowest BCUT2D eigenvalue weighted by molar-refractivity contribution is 0.0697. The van der Waals surface area contributed by atoms with Crippen molar-refractivity contribution in [3.63, 3.8) is 0 Å². The maximum absolute atomic E-state index is 10.8. The molecular weight excluding hydrogens is 206 g/mol. The molecule has 0 heterocycles. The monoisotopic (exact) mass is 213 g/mol. The molecule has 0 saturated carbocycles. The Morgan fingerprint density at radius 3 is 2.62 bits per heavy atom. The number of nitriles is 1. The molecule has 2 aromatic carbocycles. The summed E-state index contributed by atoms with van der Waals surface area (Å²) in [5.74, 6) is -0.578. The van der Waals surface area contributed by atoms with E-state index in [-0.39, 0.29) is 5.56 Å². The second-order valence-corrected chi connectivity index (χ2v) is 3.22. The van der Waals surface area contributed by atoms with E-state index in [1.807, 2.05) is 0 Å². The van der Waals surface area contributed by atoms with Crippen LogP contribution in [0.2, 0.25) is 0 Å². The predicted octanol–water partition coefficient (Wildman–Crippen LogP) is 2.40. The standard InChI is InChI=1S/C12H7NO3/c13-7-16-11-4-3-8-1-2-9(12(14)15)5-10(8)6-11/h1-6H,(H,14,15). The van der Waals surface area contributed by atoms with Crippen LogP contribution in [0.4, 0.5) is 0 Å². The van der Waals surface area contributed by atoms with Gasteiger partial charge < -0.3 is 9.84 Å². The van der Waals surface area contributed by atoms with Gasteiger partial charge in [0.25, 0.3) is 6.26 Å². The highest BCUT2D eigenvalue weighted by molar-refractivity contribution is 5.94. The molecule has 0 unspecified atom stereocenters. The average Bonchev–Trinajstić information content (AvgIpc) is 2.28. The van der Waals surface area contributed by atoms with E-state index < -0.39 is 5.97 Å². The molecule has 2 aromatic rings. The lowest BCUT2D eigenvalue weighted by Gasteiger charge is -2.01. The summed E-state index contributed by atoms with van der Waals surface area (Å²) < 4.78 is 4.67. The van der Waals surface area contributed by atoms with Crippen LogP contribution < -0.4 is 4.74 Å². The third kappa shape index (κ3) is 1.79. The van der Waals surface area contributed by atoms with E-state index in [1.54, 1.807) is 36.6 Å². The summed E-state index contributed by atoms with van der Waals surface area (Å²) in [5.41, 5.74) is 0.210.